The van der Waals surface area contributed by atoms with Crippen molar-refractivity contribution in [2.24, 2.45) is 0 Å². The largest absolute Gasteiger partial charge is 0.416 e. The van der Waals surface area contributed by atoms with Gasteiger partial charge >= 0.3 is 6.18 Å². The van der Waals surface area contributed by atoms with Crippen LogP contribution in [-0.2, 0) is 11.0 Å². The lowest BCUT2D eigenvalue weighted by atomic mass is 10.0. The molecule has 0 saturated carbocycles. The fraction of sp³-hybridized carbons (Fsp3) is 0.214. The molecule has 1 amide bonds. The van der Waals surface area contributed by atoms with Gasteiger partial charge in [0.05, 0.1) is 12.7 Å². The quantitative estimate of drug-likeness (QED) is 0.790. The third-order valence-electron chi connectivity index (χ3n) is 2.97. The van der Waals surface area contributed by atoms with Gasteiger partial charge in [-0.1, -0.05) is 12.1 Å². The van der Waals surface area contributed by atoms with Crippen molar-refractivity contribution in [3.63, 3.8) is 0 Å². The van der Waals surface area contributed by atoms with E-state index in [1.54, 1.807) is 0 Å². The molecule has 0 radical (unpaired) electrons. The van der Waals surface area contributed by atoms with E-state index in [1.807, 2.05) is 0 Å². The maximum absolute atomic E-state index is 12.6. The Labute approximate surface area is 113 Å². The van der Waals surface area contributed by atoms with Gasteiger partial charge in [0, 0.05) is 12.6 Å². The summed E-state index contributed by atoms with van der Waals surface area (Å²) in [5.41, 5.74) is -0.361. The second-order valence-corrected chi connectivity index (χ2v) is 4.26. The highest BCUT2D eigenvalue weighted by atomic mass is 19.4. The van der Waals surface area contributed by atoms with Crippen LogP contribution in [-0.4, -0.2) is 25.1 Å². The van der Waals surface area contributed by atoms with Gasteiger partial charge in [0.25, 0.3) is 5.91 Å². The van der Waals surface area contributed by atoms with Crippen LogP contribution in [0.5, 0.6) is 0 Å². The molecule has 0 aliphatic rings. The monoisotopic (exact) mass is 283 g/mol. The Morgan fingerprint density at radius 3 is 2.30 bits per heavy atom. The zero-order valence-corrected chi connectivity index (χ0v) is 10.9. The van der Waals surface area contributed by atoms with Crippen LogP contribution in [0.2, 0.25) is 0 Å². The highest BCUT2D eigenvalue weighted by Gasteiger charge is 2.30. The van der Waals surface area contributed by atoms with Crippen LogP contribution >= 0.6 is 0 Å². The zero-order chi connectivity index (χ0) is 14.9. The van der Waals surface area contributed by atoms with Crippen LogP contribution < -0.4 is 0 Å². The molecule has 6 heteroatoms. The van der Waals surface area contributed by atoms with Gasteiger partial charge in [-0.25, -0.2) is 5.06 Å². The van der Waals surface area contributed by atoms with Crippen LogP contribution in [0.4, 0.5) is 13.2 Å². The van der Waals surface area contributed by atoms with Crippen LogP contribution in [0.25, 0.3) is 10.8 Å². The van der Waals surface area contributed by atoms with E-state index in [-0.39, 0.29) is 5.91 Å². The van der Waals surface area contributed by atoms with Gasteiger partial charge in [0.1, 0.15) is 0 Å². The van der Waals surface area contributed by atoms with Crippen molar-refractivity contribution in [2.75, 3.05) is 14.2 Å². The number of rotatable bonds is 2. The van der Waals surface area contributed by atoms with Crippen molar-refractivity contribution in [2.45, 2.75) is 6.18 Å². The molecule has 2 aromatic rings. The topological polar surface area (TPSA) is 29.5 Å². The third-order valence-corrected chi connectivity index (χ3v) is 2.97. The molecule has 2 rings (SSSR count). The first kappa shape index (κ1) is 14.3. The first-order valence-corrected chi connectivity index (χ1v) is 5.76. The maximum Gasteiger partial charge on any atom is 0.416 e. The molecular formula is C14H12F3NO2. The van der Waals surface area contributed by atoms with E-state index in [0.717, 1.165) is 17.2 Å². The molecule has 0 atom stereocenters. The van der Waals surface area contributed by atoms with Crippen LogP contribution in [0.15, 0.2) is 36.4 Å². The lowest BCUT2D eigenvalue weighted by Gasteiger charge is -2.14. The molecule has 0 spiro atoms. The average molecular weight is 283 g/mol. The summed E-state index contributed by atoms with van der Waals surface area (Å²) in [6.07, 6.45) is -4.38. The number of fused-ring (bicyclic) bond motifs is 1. The number of nitrogens with zero attached hydrogens (tertiary/aromatic N) is 1. The Bertz CT molecular complexity index is 652. The fourth-order valence-corrected chi connectivity index (χ4v) is 1.82. The van der Waals surface area contributed by atoms with Crippen LogP contribution in [0.3, 0.4) is 0 Å². The Kier molecular flexibility index (Phi) is 3.67. The highest BCUT2D eigenvalue weighted by Crippen LogP contribution is 2.31. The molecule has 0 aromatic heterocycles. The number of hydrogen-bond donors (Lipinski definition) is 0. The second-order valence-electron chi connectivity index (χ2n) is 4.26. The molecule has 0 heterocycles. The van der Waals surface area contributed by atoms with E-state index in [9.17, 15) is 18.0 Å². The molecule has 0 unspecified atom stereocenters. The lowest BCUT2D eigenvalue weighted by Crippen LogP contribution is -2.25. The fourth-order valence-electron chi connectivity index (χ4n) is 1.82. The molecule has 3 nitrogen and oxygen atoms in total. The number of carbonyl (C=O) groups excluding carboxylic acids is 1. The van der Waals surface area contributed by atoms with Gasteiger partial charge in [-0.05, 0) is 35.0 Å². The summed E-state index contributed by atoms with van der Waals surface area (Å²) in [6, 6.07) is 7.90. The number of hydroxylamine groups is 2. The number of hydrogen-bond acceptors (Lipinski definition) is 2. The summed E-state index contributed by atoms with van der Waals surface area (Å²) in [7, 11) is 2.81. The smallest absolute Gasteiger partial charge is 0.274 e. The number of carbonyl (C=O) groups is 1. The normalized spacial score (nSPS) is 11.7. The van der Waals surface area contributed by atoms with E-state index in [0.29, 0.717) is 16.3 Å². The zero-order valence-electron chi connectivity index (χ0n) is 10.9. The molecule has 0 fully saturated rings. The Balaban J connectivity index is 2.44. The molecule has 20 heavy (non-hydrogen) atoms. The van der Waals surface area contributed by atoms with Crippen molar-refractivity contribution in [1.29, 1.82) is 0 Å². The summed E-state index contributed by atoms with van der Waals surface area (Å²) in [5, 5.41) is 2.04. The van der Waals surface area contributed by atoms with E-state index in [1.165, 1.54) is 38.4 Å². The third kappa shape index (κ3) is 2.75. The van der Waals surface area contributed by atoms with Gasteiger partial charge in [0.15, 0.2) is 0 Å². The van der Waals surface area contributed by atoms with Gasteiger partial charge in [-0.15, -0.1) is 0 Å². The first-order chi connectivity index (χ1) is 9.32. The molecule has 2 aromatic carbocycles. The number of benzene rings is 2. The summed E-state index contributed by atoms with van der Waals surface area (Å²) in [4.78, 5) is 16.6. The van der Waals surface area contributed by atoms with Crippen molar-refractivity contribution in [3.05, 3.63) is 47.5 Å². The van der Waals surface area contributed by atoms with E-state index in [4.69, 9.17) is 4.84 Å². The standard InChI is InChI=1S/C14H12F3NO2/c1-18(20-2)13(19)11-4-3-10-8-12(14(15,16)17)6-5-9(10)7-11/h3-8H,1-2H3. The minimum Gasteiger partial charge on any atom is -0.274 e. The first-order valence-electron chi connectivity index (χ1n) is 5.76. The van der Waals surface area contributed by atoms with Crippen molar-refractivity contribution >= 4 is 16.7 Å². The van der Waals surface area contributed by atoms with Crippen molar-refractivity contribution in [1.82, 2.24) is 5.06 Å². The lowest BCUT2D eigenvalue weighted by molar-refractivity contribution is -0.137. The number of amides is 1. The predicted molar refractivity (Wildman–Crippen MR) is 68.1 cm³/mol. The van der Waals surface area contributed by atoms with Gasteiger partial charge in [-0.3, -0.25) is 9.63 Å². The summed E-state index contributed by atoms with van der Waals surface area (Å²) < 4.78 is 37.8. The SMILES string of the molecule is CON(C)C(=O)c1ccc2cc(C(F)(F)F)ccc2c1. The van der Waals surface area contributed by atoms with Gasteiger partial charge in [-0.2, -0.15) is 13.2 Å². The highest BCUT2D eigenvalue weighted by molar-refractivity contribution is 5.98. The molecule has 0 aliphatic carbocycles. The van der Waals surface area contributed by atoms with E-state index >= 15 is 0 Å². The summed E-state index contributed by atoms with van der Waals surface area (Å²) in [5.74, 6) is -0.366. The van der Waals surface area contributed by atoms with Crippen LogP contribution in [0, 0.1) is 0 Å². The van der Waals surface area contributed by atoms with Crippen molar-refractivity contribution < 1.29 is 22.8 Å². The Morgan fingerprint density at radius 2 is 1.70 bits per heavy atom. The molecule has 0 aliphatic heterocycles. The molecule has 0 saturated heterocycles. The average Bonchev–Trinajstić information content (AvgIpc) is 2.43. The number of halogens is 3. The number of alkyl halides is 3. The Hall–Kier alpha value is -2.08. The Morgan fingerprint density at radius 1 is 1.10 bits per heavy atom. The summed E-state index contributed by atoms with van der Waals surface area (Å²) >= 11 is 0. The van der Waals surface area contributed by atoms with Gasteiger partial charge < -0.3 is 0 Å². The predicted octanol–water partition coefficient (Wildman–Crippen LogP) is 3.49. The van der Waals surface area contributed by atoms with Crippen molar-refractivity contribution in [3.8, 4) is 0 Å². The molecule has 0 N–H and O–H groups in total. The van der Waals surface area contributed by atoms with Gasteiger partial charge in [0.2, 0.25) is 0 Å². The maximum atomic E-state index is 12.6. The molecular weight excluding hydrogens is 271 g/mol. The second kappa shape index (κ2) is 5.13. The minimum atomic E-state index is -4.38. The molecule has 0 bridgehead atoms. The van der Waals surface area contributed by atoms with Crippen LogP contribution in [0.1, 0.15) is 15.9 Å². The minimum absolute atomic E-state index is 0.349. The summed E-state index contributed by atoms with van der Waals surface area (Å²) in [6.45, 7) is 0. The van der Waals surface area contributed by atoms with E-state index in [2.05, 4.69) is 0 Å². The molecule has 106 valence electrons. The van der Waals surface area contributed by atoms with E-state index < -0.39 is 11.7 Å².